The summed E-state index contributed by atoms with van der Waals surface area (Å²) in [7, 11) is 1.64. The molecule has 0 aliphatic carbocycles. The lowest BCUT2D eigenvalue weighted by Crippen LogP contribution is -2.03. The van der Waals surface area contributed by atoms with E-state index in [0.29, 0.717) is 10.6 Å². The fourth-order valence-electron chi connectivity index (χ4n) is 2.26. The van der Waals surface area contributed by atoms with E-state index in [1.165, 1.54) is 4.68 Å². The first-order valence-corrected chi connectivity index (χ1v) is 8.37. The van der Waals surface area contributed by atoms with Crippen LogP contribution in [0, 0.1) is 4.77 Å². The number of ether oxygens (including phenoxy) is 2. The van der Waals surface area contributed by atoms with Crippen molar-refractivity contribution in [2.24, 2.45) is 5.10 Å². The minimum absolute atomic E-state index is 0.255. The number of allylic oxidation sites excluding steroid dienone is 1. The molecular weight excluding hydrogens is 348 g/mol. The number of para-hydroxylation sites is 2. The third kappa shape index (κ3) is 4.46. The molecule has 0 aliphatic rings. The van der Waals surface area contributed by atoms with Gasteiger partial charge in [-0.15, -0.1) is 0 Å². The lowest BCUT2D eigenvalue weighted by atomic mass is 10.2. The molecule has 0 saturated carbocycles. The first-order chi connectivity index (χ1) is 12.8. The number of benzene rings is 2. The summed E-state index contributed by atoms with van der Waals surface area (Å²) in [5.74, 6) is 2.14. The van der Waals surface area contributed by atoms with E-state index < -0.39 is 0 Å². The van der Waals surface area contributed by atoms with Crippen LogP contribution in [0.3, 0.4) is 0 Å². The third-order valence-electron chi connectivity index (χ3n) is 3.51. The highest BCUT2D eigenvalue weighted by Crippen LogP contribution is 2.18. The van der Waals surface area contributed by atoms with E-state index in [1.807, 2.05) is 66.7 Å². The topological polar surface area (TPSA) is 64.4 Å². The molecule has 26 heavy (non-hydrogen) atoms. The standard InChI is InChI=1S/C19H18N4O2S/c1-24-17-12-6-5-8-15(17)9-7-13-20-23-18(21-22-19(23)26)14-25-16-10-3-2-4-11-16/h2-13H,14H2,1H3,(H,22,26)/b9-7+,20-13-. The Bertz CT molecular complexity index is 961. The van der Waals surface area contributed by atoms with Crippen molar-refractivity contribution in [3.05, 3.63) is 76.8 Å². The minimum atomic E-state index is 0.255. The fourth-order valence-corrected chi connectivity index (χ4v) is 2.46. The normalized spacial score (nSPS) is 11.3. The van der Waals surface area contributed by atoms with Crippen molar-refractivity contribution in [3.63, 3.8) is 0 Å². The van der Waals surface area contributed by atoms with E-state index in [1.54, 1.807) is 13.3 Å². The third-order valence-corrected chi connectivity index (χ3v) is 3.78. The van der Waals surface area contributed by atoms with E-state index in [9.17, 15) is 0 Å². The second-order valence-corrected chi connectivity index (χ2v) is 5.61. The zero-order chi connectivity index (χ0) is 18.2. The highest BCUT2D eigenvalue weighted by Gasteiger charge is 2.05. The molecule has 132 valence electrons. The Labute approximate surface area is 156 Å². The second-order valence-electron chi connectivity index (χ2n) is 5.22. The van der Waals surface area contributed by atoms with Crippen molar-refractivity contribution in [1.29, 1.82) is 0 Å². The summed E-state index contributed by atoms with van der Waals surface area (Å²) >= 11 is 5.22. The van der Waals surface area contributed by atoms with Gasteiger partial charge in [-0.25, -0.2) is 5.10 Å². The maximum absolute atomic E-state index is 5.69. The minimum Gasteiger partial charge on any atom is -0.496 e. The average molecular weight is 366 g/mol. The quantitative estimate of drug-likeness (QED) is 0.506. The van der Waals surface area contributed by atoms with Crippen molar-refractivity contribution in [3.8, 4) is 11.5 Å². The number of nitrogens with one attached hydrogen (secondary N) is 1. The average Bonchev–Trinajstić information content (AvgIpc) is 3.04. The summed E-state index contributed by atoms with van der Waals surface area (Å²) in [4.78, 5) is 0. The second kappa shape index (κ2) is 8.77. The van der Waals surface area contributed by atoms with Gasteiger partial charge < -0.3 is 9.47 Å². The SMILES string of the molecule is COc1ccccc1/C=C/C=N\n1c(COc2ccccc2)n[nH]c1=S. The molecule has 0 aliphatic heterocycles. The summed E-state index contributed by atoms with van der Waals surface area (Å²) in [5.41, 5.74) is 0.963. The van der Waals surface area contributed by atoms with Crippen LogP contribution >= 0.6 is 12.2 Å². The number of aromatic nitrogens is 3. The number of H-pyrrole nitrogens is 1. The van der Waals surface area contributed by atoms with E-state index in [2.05, 4.69) is 15.3 Å². The number of aromatic amines is 1. The first kappa shape index (κ1) is 17.6. The molecule has 7 heteroatoms. The number of methoxy groups -OCH3 is 1. The van der Waals surface area contributed by atoms with Crippen LogP contribution in [0.1, 0.15) is 11.4 Å². The molecular formula is C19H18N4O2S. The molecule has 0 spiro atoms. The maximum Gasteiger partial charge on any atom is 0.216 e. The molecule has 0 fully saturated rings. The van der Waals surface area contributed by atoms with Crippen molar-refractivity contribution in [1.82, 2.24) is 14.9 Å². The molecule has 0 amide bonds. The van der Waals surface area contributed by atoms with Crippen LogP contribution in [-0.4, -0.2) is 28.2 Å². The number of nitrogens with zero attached hydrogens (tertiary/aromatic N) is 3. The summed E-state index contributed by atoms with van der Waals surface area (Å²) in [5, 5.41) is 11.2. The van der Waals surface area contributed by atoms with Gasteiger partial charge in [-0.3, -0.25) is 0 Å². The number of hydrogen-bond donors (Lipinski definition) is 1. The summed E-state index contributed by atoms with van der Waals surface area (Å²) in [6.07, 6.45) is 5.37. The van der Waals surface area contributed by atoms with E-state index >= 15 is 0 Å². The van der Waals surface area contributed by atoms with E-state index in [-0.39, 0.29) is 6.61 Å². The van der Waals surface area contributed by atoms with Gasteiger partial charge in [-0.1, -0.05) is 36.4 Å². The molecule has 1 N–H and O–H groups in total. The van der Waals surface area contributed by atoms with E-state index in [4.69, 9.17) is 21.7 Å². The highest BCUT2D eigenvalue weighted by molar-refractivity contribution is 7.71. The van der Waals surface area contributed by atoms with E-state index in [0.717, 1.165) is 17.1 Å². The lowest BCUT2D eigenvalue weighted by Gasteiger charge is -2.04. The van der Waals surface area contributed by atoms with Gasteiger partial charge in [-0.2, -0.15) is 14.9 Å². The summed E-state index contributed by atoms with van der Waals surface area (Å²) < 4.78 is 12.9. The van der Waals surface area contributed by atoms with Crippen LogP contribution in [0.25, 0.3) is 6.08 Å². The molecule has 0 atom stereocenters. The molecule has 0 bridgehead atoms. The van der Waals surface area contributed by atoms with Crippen LogP contribution in [0.15, 0.2) is 65.8 Å². The van der Waals surface area contributed by atoms with Crippen molar-refractivity contribution >= 4 is 24.5 Å². The van der Waals surface area contributed by atoms with Gasteiger partial charge in [-0.05, 0) is 42.6 Å². The molecule has 0 radical (unpaired) electrons. The Morgan fingerprint density at radius 3 is 2.73 bits per heavy atom. The van der Waals surface area contributed by atoms with Gasteiger partial charge in [0.15, 0.2) is 5.82 Å². The Morgan fingerprint density at radius 1 is 1.15 bits per heavy atom. The van der Waals surface area contributed by atoms with Crippen LogP contribution in [0.5, 0.6) is 11.5 Å². The van der Waals surface area contributed by atoms with Gasteiger partial charge in [0.1, 0.15) is 18.1 Å². The largest absolute Gasteiger partial charge is 0.496 e. The highest BCUT2D eigenvalue weighted by atomic mass is 32.1. The monoisotopic (exact) mass is 366 g/mol. The summed E-state index contributed by atoms with van der Waals surface area (Å²) in [6, 6.07) is 17.3. The van der Waals surface area contributed by atoms with Gasteiger partial charge in [0.2, 0.25) is 4.77 Å². The molecule has 0 saturated heterocycles. The molecule has 3 aromatic rings. The number of hydrogen-bond acceptors (Lipinski definition) is 5. The molecule has 1 aromatic heterocycles. The van der Waals surface area contributed by atoms with Crippen molar-refractivity contribution in [2.75, 3.05) is 7.11 Å². The maximum atomic E-state index is 5.69. The fraction of sp³-hybridized carbons (Fsp3) is 0.105. The predicted octanol–water partition coefficient (Wildman–Crippen LogP) is 4.08. The zero-order valence-electron chi connectivity index (χ0n) is 14.2. The van der Waals surface area contributed by atoms with Gasteiger partial charge in [0.25, 0.3) is 0 Å². The van der Waals surface area contributed by atoms with Crippen LogP contribution in [0.2, 0.25) is 0 Å². The molecule has 6 nitrogen and oxygen atoms in total. The predicted molar refractivity (Wildman–Crippen MR) is 104 cm³/mol. The Hall–Kier alpha value is -3.19. The van der Waals surface area contributed by atoms with Crippen LogP contribution in [-0.2, 0) is 6.61 Å². The van der Waals surface area contributed by atoms with Crippen molar-refractivity contribution in [2.45, 2.75) is 6.61 Å². The zero-order valence-corrected chi connectivity index (χ0v) is 15.0. The van der Waals surface area contributed by atoms with Crippen LogP contribution < -0.4 is 9.47 Å². The Kier molecular flexibility index (Phi) is 5.95. The smallest absolute Gasteiger partial charge is 0.216 e. The van der Waals surface area contributed by atoms with Gasteiger partial charge in [0.05, 0.1) is 7.11 Å². The Balaban J connectivity index is 1.69. The molecule has 3 rings (SSSR count). The lowest BCUT2D eigenvalue weighted by molar-refractivity contribution is 0.290. The van der Waals surface area contributed by atoms with Crippen molar-refractivity contribution < 1.29 is 9.47 Å². The molecule has 2 aromatic carbocycles. The Morgan fingerprint density at radius 2 is 1.92 bits per heavy atom. The molecule has 1 heterocycles. The first-order valence-electron chi connectivity index (χ1n) is 7.96. The number of rotatable bonds is 7. The van der Waals surface area contributed by atoms with Gasteiger partial charge >= 0.3 is 0 Å². The molecule has 0 unspecified atom stereocenters. The summed E-state index contributed by atoms with van der Waals surface area (Å²) in [6.45, 7) is 0.255. The van der Waals surface area contributed by atoms with Crippen LogP contribution in [0.4, 0.5) is 0 Å². The van der Waals surface area contributed by atoms with Gasteiger partial charge in [0, 0.05) is 11.8 Å².